The summed E-state index contributed by atoms with van der Waals surface area (Å²) in [5.74, 6) is -0.510. The first kappa shape index (κ1) is 18.9. The third-order valence-corrected chi connectivity index (χ3v) is 4.40. The van der Waals surface area contributed by atoms with Crippen LogP contribution < -0.4 is 21.9 Å². The fourth-order valence-corrected chi connectivity index (χ4v) is 3.36. The number of fused-ring (bicyclic) bond motifs is 3. The molecule has 148 valence electrons. The number of primary amides is 1. The van der Waals surface area contributed by atoms with Gasteiger partial charge in [-0.15, -0.1) is 0 Å². The van der Waals surface area contributed by atoms with E-state index in [4.69, 9.17) is 15.0 Å². The zero-order chi connectivity index (χ0) is 20.1. The van der Waals surface area contributed by atoms with Crippen molar-refractivity contribution >= 4 is 28.4 Å². The number of ether oxygens (including phenoxy) is 1. The van der Waals surface area contributed by atoms with Crippen molar-refractivity contribution in [1.82, 2.24) is 26.0 Å². The van der Waals surface area contributed by atoms with Crippen LogP contribution in [0.3, 0.4) is 0 Å². The van der Waals surface area contributed by atoms with E-state index >= 15 is 0 Å². The molecule has 0 radical (unpaired) electrons. The van der Waals surface area contributed by atoms with Crippen LogP contribution in [0.25, 0.3) is 0 Å². The van der Waals surface area contributed by atoms with Crippen LogP contribution >= 0.6 is 0 Å². The number of amides is 4. The molecule has 3 aliphatic heterocycles. The molecule has 0 spiro atoms. The molecule has 0 aromatic heterocycles. The predicted molar refractivity (Wildman–Crippen MR) is 85.1 cm³/mol. The summed E-state index contributed by atoms with van der Waals surface area (Å²) in [6.07, 6.45) is -2.57. The smallest absolute Gasteiger partial charge is 0.404 e. The van der Waals surface area contributed by atoms with E-state index in [1.807, 2.05) is 0 Å². The van der Waals surface area contributed by atoms with Crippen LogP contribution in [0.4, 0.5) is 9.59 Å². The van der Waals surface area contributed by atoms with Crippen molar-refractivity contribution in [3.8, 4) is 0 Å². The SMILES string of the molecule is CN(C)C(=O)C1C2=C3C(=C(COC(N)=O)N1C(=O)N2)NNC3OS(=O)(=O)O. The minimum atomic E-state index is -4.87. The zero-order valence-electron chi connectivity index (χ0n) is 14.0. The number of hydrogen-bond acceptors (Lipinski definition) is 9. The predicted octanol–water partition coefficient (Wildman–Crippen LogP) is -2.70. The van der Waals surface area contributed by atoms with E-state index in [1.165, 1.54) is 19.0 Å². The molecular weight excluding hydrogens is 388 g/mol. The average Bonchev–Trinajstić information content (AvgIpc) is 3.04. The van der Waals surface area contributed by atoms with Crippen molar-refractivity contribution in [2.45, 2.75) is 12.3 Å². The maximum atomic E-state index is 12.6. The number of hydrazine groups is 1. The fraction of sp³-hybridized carbons (Fsp3) is 0.417. The normalized spacial score (nSPS) is 23.8. The van der Waals surface area contributed by atoms with Gasteiger partial charge in [-0.1, -0.05) is 0 Å². The number of nitrogens with two attached hydrogens (primary N) is 1. The topological polar surface area (TPSA) is 193 Å². The molecule has 2 saturated heterocycles. The molecule has 0 aromatic rings. The van der Waals surface area contributed by atoms with E-state index in [9.17, 15) is 22.8 Å². The quantitative estimate of drug-likeness (QED) is 0.301. The summed E-state index contributed by atoms with van der Waals surface area (Å²) >= 11 is 0. The maximum absolute atomic E-state index is 12.6. The van der Waals surface area contributed by atoms with Crippen LogP contribution in [0.5, 0.6) is 0 Å². The highest BCUT2D eigenvalue weighted by Crippen LogP contribution is 2.39. The van der Waals surface area contributed by atoms with Gasteiger partial charge in [-0.05, 0) is 0 Å². The monoisotopic (exact) mass is 404 g/mol. The Kier molecular flexibility index (Phi) is 4.46. The Morgan fingerprint density at radius 1 is 1.37 bits per heavy atom. The Morgan fingerprint density at radius 3 is 2.59 bits per heavy atom. The first-order valence-electron chi connectivity index (χ1n) is 7.39. The number of rotatable bonds is 5. The van der Waals surface area contributed by atoms with Gasteiger partial charge in [0.05, 0.1) is 17.1 Å². The molecule has 0 aromatic carbocycles. The van der Waals surface area contributed by atoms with E-state index in [0.717, 1.165) is 4.90 Å². The molecule has 15 heteroatoms. The van der Waals surface area contributed by atoms with Gasteiger partial charge in [0.1, 0.15) is 6.61 Å². The lowest BCUT2D eigenvalue weighted by Crippen LogP contribution is -2.47. The first-order chi connectivity index (χ1) is 12.5. The number of carbonyl (C=O) groups excluding carboxylic acids is 3. The Bertz CT molecular complexity index is 894. The number of carbonyl (C=O) groups is 3. The Labute approximate surface area is 152 Å². The molecule has 2 fully saturated rings. The molecule has 6 N–H and O–H groups in total. The minimum Gasteiger partial charge on any atom is -0.443 e. The van der Waals surface area contributed by atoms with Gasteiger partial charge in [-0.2, -0.15) is 8.42 Å². The van der Waals surface area contributed by atoms with Crippen LogP contribution in [0.15, 0.2) is 22.7 Å². The van der Waals surface area contributed by atoms with Crippen molar-refractivity contribution in [3.05, 3.63) is 22.7 Å². The summed E-state index contributed by atoms with van der Waals surface area (Å²) in [6, 6.07) is -1.87. The first-order valence-corrected chi connectivity index (χ1v) is 8.76. The molecule has 3 rings (SSSR count). The van der Waals surface area contributed by atoms with Crippen molar-refractivity contribution < 1.29 is 36.3 Å². The maximum Gasteiger partial charge on any atom is 0.404 e. The van der Waals surface area contributed by atoms with Gasteiger partial charge in [0.2, 0.25) is 0 Å². The second-order valence-corrected chi connectivity index (χ2v) is 6.91. The van der Waals surface area contributed by atoms with Crippen molar-refractivity contribution in [2.75, 3.05) is 20.7 Å². The lowest BCUT2D eigenvalue weighted by molar-refractivity contribution is -0.131. The Hall–Kier alpha value is -2.88. The highest BCUT2D eigenvalue weighted by atomic mass is 32.3. The third kappa shape index (κ3) is 3.27. The number of nitrogens with zero attached hydrogens (tertiary/aromatic N) is 2. The summed E-state index contributed by atoms with van der Waals surface area (Å²) in [5.41, 5.74) is 10.3. The van der Waals surface area contributed by atoms with E-state index in [2.05, 4.69) is 20.4 Å². The van der Waals surface area contributed by atoms with Gasteiger partial charge in [0.15, 0.2) is 12.3 Å². The molecule has 14 nitrogen and oxygen atoms in total. The molecular formula is C12H16N6O8S. The highest BCUT2D eigenvalue weighted by Gasteiger charge is 2.52. The van der Waals surface area contributed by atoms with Crippen molar-refractivity contribution in [1.29, 1.82) is 0 Å². The summed E-state index contributed by atoms with van der Waals surface area (Å²) in [6.45, 7) is -0.487. The second kappa shape index (κ2) is 6.38. The lowest BCUT2D eigenvalue weighted by atomic mass is 9.98. The average molecular weight is 404 g/mol. The number of urea groups is 1. The third-order valence-electron chi connectivity index (χ3n) is 3.97. The lowest BCUT2D eigenvalue weighted by Gasteiger charge is -2.31. The van der Waals surface area contributed by atoms with E-state index < -0.39 is 47.3 Å². The Morgan fingerprint density at radius 2 is 2.04 bits per heavy atom. The number of hydrogen-bond donors (Lipinski definition) is 5. The molecule has 2 atom stereocenters. The van der Waals surface area contributed by atoms with Gasteiger partial charge in [0, 0.05) is 19.7 Å². The van der Waals surface area contributed by atoms with Gasteiger partial charge < -0.3 is 26.1 Å². The van der Waals surface area contributed by atoms with Gasteiger partial charge >= 0.3 is 22.5 Å². The van der Waals surface area contributed by atoms with Gasteiger partial charge in [-0.25, -0.2) is 19.2 Å². The van der Waals surface area contributed by atoms with E-state index in [-0.39, 0.29) is 22.7 Å². The van der Waals surface area contributed by atoms with E-state index in [1.54, 1.807) is 0 Å². The summed E-state index contributed by atoms with van der Waals surface area (Å²) in [4.78, 5) is 38.3. The number of likely N-dealkylation sites (N-methyl/N-ethyl adjacent to an activating group) is 1. The molecule has 3 aliphatic rings. The molecule has 3 heterocycles. The zero-order valence-corrected chi connectivity index (χ0v) is 14.9. The highest BCUT2D eigenvalue weighted by molar-refractivity contribution is 7.80. The van der Waals surface area contributed by atoms with Crippen molar-refractivity contribution in [2.24, 2.45) is 5.73 Å². The van der Waals surface area contributed by atoms with Crippen LogP contribution in [-0.4, -0.2) is 73.8 Å². The second-order valence-electron chi connectivity index (χ2n) is 5.87. The molecule has 2 unspecified atom stereocenters. The summed E-state index contributed by atoms with van der Waals surface area (Å²) < 4.78 is 40.5. The molecule has 2 bridgehead atoms. The Balaban J connectivity index is 2.13. The standard InChI is InChI=1S/C12H16N6O8S/c1-17(2)10(19)8-7-5-6(15-16-9(5)26-27(22,23)24)4(3-25-11(13)20)18(8)12(21)14-7/h8-9,15-16H,3H2,1-2H3,(H2,13,20)(H,14,21)(H,22,23,24). The fourth-order valence-electron chi connectivity index (χ4n) is 2.97. The van der Waals surface area contributed by atoms with Crippen LogP contribution in [0, 0.1) is 0 Å². The molecule has 27 heavy (non-hydrogen) atoms. The van der Waals surface area contributed by atoms with Gasteiger partial charge in [-0.3, -0.25) is 14.2 Å². The van der Waals surface area contributed by atoms with Gasteiger partial charge in [0.25, 0.3) is 5.91 Å². The number of nitrogens with one attached hydrogen (secondary N) is 3. The van der Waals surface area contributed by atoms with E-state index in [0.29, 0.717) is 0 Å². The summed E-state index contributed by atoms with van der Waals surface area (Å²) in [5, 5.41) is 2.48. The van der Waals surface area contributed by atoms with Crippen LogP contribution in [-0.2, 0) is 24.1 Å². The molecule has 0 saturated carbocycles. The minimum absolute atomic E-state index is 0.0386. The van der Waals surface area contributed by atoms with Crippen LogP contribution in [0.1, 0.15) is 0 Å². The largest absolute Gasteiger partial charge is 0.443 e. The van der Waals surface area contributed by atoms with Crippen LogP contribution in [0.2, 0.25) is 0 Å². The molecule has 0 aliphatic carbocycles. The summed E-state index contributed by atoms with van der Waals surface area (Å²) in [7, 11) is -1.94. The van der Waals surface area contributed by atoms with Crippen molar-refractivity contribution in [3.63, 3.8) is 0 Å². The molecule has 4 amide bonds.